The van der Waals surface area contributed by atoms with Gasteiger partial charge < -0.3 is 10.8 Å². The van der Waals surface area contributed by atoms with Crippen molar-refractivity contribution in [3.8, 4) is 0 Å². The number of aliphatic hydroxyl groups excluding tert-OH is 1. The van der Waals surface area contributed by atoms with Gasteiger partial charge in [-0.2, -0.15) is 0 Å². The molecule has 0 saturated heterocycles. The SMILES string of the molecule is NCC1(c2cc(F)ccc2F)CCC(O)CC1. The highest BCUT2D eigenvalue weighted by Crippen LogP contribution is 2.40. The first-order chi connectivity index (χ1) is 8.07. The highest BCUT2D eigenvalue weighted by atomic mass is 19.1. The standard InChI is InChI=1S/C13H17F2NO/c14-9-1-2-12(15)11(7-9)13(8-16)5-3-10(17)4-6-13/h1-2,7,10,17H,3-6,8,16H2. The molecule has 0 aromatic heterocycles. The number of hydrogen-bond donors (Lipinski definition) is 2. The van der Waals surface area contributed by atoms with Crippen LogP contribution in [0.1, 0.15) is 31.2 Å². The van der Waals surface area contributed by atoms with Crippen molar-refractivity contribution < 1.29 is 13.9 Å². The van der Waals surface area contributed by atoms with E-state index in [9.17, 15) is 13.9 Å². The molecule has 1 aromatic carbocycles. The van der Waals surface area contributed by atoms with Crippen molar-refractivity contribution in [3.63, 3.8) is 0 Å². The fourth-order valence-electron chi connectivity index (χ4n) is 2.64. The first kappa shape index (κ1) is 12.5. The zero-order chi connectivity index (χ0) is 12.5. The lowest BCUT2D eigenvalue weighted by atomic mass is 9.68. The third kappa shape index (κ3) is 2.33. The molecule has 0 spiro atoms. The lowest BCUT2D eigenvalue weighted by Crippen LogP contribution is -2.40. The van der Waals surface area contributed by atoms with Gasteiger partial charge in [0.05, 0.1) is 6.10 Å². The van der Waals surface area contributed by atoms with Crippen LogP contribution >= 0.6 is 0 Å². The summed E-state index contributed by atoms with van der Waals surface area (Å²) >= 11 is 0. The Labute approximate surface area is 99.4 Å². The van der Waals surface area contributed by atoms with Gasteiger partial charge in [0, 0.05) is 12.0 Å². The van der Waals surface area contributed by atoms with Crippen molar-refractivity contribution >= 4 is 0 Å². The fraction of sp³-hybridized carbons (Fsp3) is 0.538. The average molecular weight is 241 g/mol. The summed E-state index contributed by atoms with van der Waals surface area (Å²) in [6.45, 7) is 0.278. The molecule has 0 atom stereocenters. The minimum atomic E-state index is -0.522. The Morgan fingerprint density at radius 3 is 2.53 bits per heavy atom. The van der Waals surface area contributed by atoms with Crippen molar-refractivity contribution in [2.75, 3.05) is 6.54 Å². The van der Waals surface area contributed by atoms with Gasteiger partial charge in [0.25, 0.3) is 0 Å². The van der Waals surface area contributed by atoms with Gasteiger partial charge in [-0.25, -0.2) is 8.78 Å². The van der Waals surface area contributed by atoms with Gasteiger partial charge in [-0.3, -0.25) is 0 Å². The van der Waals surface area contributed by atoms with Crippen LogP contribution in [0.15, 0.2) is 18.2 Å². The molecule has 2 nitrogen and oxygen atoms in total. The second-order valence-electron chi connectivity index (χ2n) is 4.84. The summed E-state index contributed by atoms with van der Waals surface area (Å²) < 4.78 is 27.0. The second-order valence-corrected chi connectivity index (χ2v) is 4.84. The van der Waals surface area contributed by atoms with E-state index in [1.54, 1.807) is 0 Å². The van der Waals surface area contributed by atoms with Crippen LogP contribution in [0.2, 0.25) is 0 Å². The van der Waals surface area contributed by atoms with Crippen LogP contribution < -0.4 is 5.73 Å². The Bertz CT molecular complexity index is 400. The Balaban J connectivity index is 2.37. The number of hydrogen-bond acceptors (Lipinski definition) is 2. The first-order valence-corrected chi connectivity index (χ1v) is 5.91. The molecule has 1 aliphatic carbocycles. The topological polar surface area (TPSA) is 46.2 Å². The maximum absolute atomic E-state index is 13.8. The molecular weight excluding hydrogens is 224 g/mol. The van der Waals surface area contributed by atoms with E-state index in [-0.39, 0.29) is 12.6 Å². The van der Waals surface area contributed by atoms with Gasteiger partial charge in [0.1, 0.15) is 11.6 Å². The smallest absolute Gasteiger partial charge is 0.127 e. The average Bonchev–Trinajstić information content (AvgIpc) is 2.34. The molecule has 0 aliphatic heterocycles. The lowest BCUT2D eigenvalue weighted by molar-refractivity contribution is 0.0962. The van der Waals surface area contributed by atoms with Crippen LogP contribution in [0, 0.1) is 11.6 Å². The Morgan fingerprint density at radius 2 is 1.94 bits per heavy atom. The van der Waals surface area contributed by atoms with Crippen molar-refractivity contribution in [2.24, 2.45) is 5.73 Å². The monoisotopic (exact) mass is 241 g/mol. The van der Waals surface area contributed by atoms with E-state index in [1.165, 1.54) is 6.07 Å². The molecule has 4 heteroatoms. The van der Waals surface area contributed by atoms with E-state index < -0.39 is 17.0 Å². The largest absolute Gasteiger partial charge is 0.393 e. The molecule has 94 valence electrons. The zero-order valence-electron chi connectivity index (χ0n) is 9.63. The van der Waals surface area contributed by atoms with E-state index in [0.29, 0.717) is 31.2 Å². The second kappa shape index (κ2) is 4.70. The molecule has 0 bridgehead atoms. The van der Waals surface area contributed by atoms with Crippen LogP contribution in [-0.2, 0) is 5.41 Å². The van der Waals surface area contributed by atoms with Gasteiger partial charge in [0.15, 0.2) is 0 Å². The quantitative estimate of drug-likeness (QED) is 0.833. The van der Waals surface area contributed by atoms with Crippen molar-refractivity contribution in [1.82, 2.24) is 0 Å². The van der Waals surface area contributed by atoms with Crippen molar-refractivity contribution in [3.05, 3.63) is 35.4 Å². The minimum Gasteiger partial charge on any atom is -0.393 e. The summed E-state index contributed by atoms with van der Waals surface area (Å²) in [5.41, 5.74) is 5.60. The van der Waals surface area contributed by atoms with Gasteiger partial charge in [-0.05, 0) is 49.4 Å². The third-order valence-electron chi connectivity index (χ3n) is 3.80. The summed E-state index contributed by atoms with van der Waals surface area (Å²) in [5, 5.41) is 9.50. The number of halogens is 2. The number of rotatable bonds is 2. The molecule has 0 radical (unpaired) electrons. The van der Waals surface area contributed by atoms with E-state index in [2.05, 4.69) is 0 Å². The van der Waals surface area contributed by atoms with Gasteiger partial charge in [0.2, 0.25) is 0 Å². The van der Waals surface area contributed by atoms with Crippen molar-refractivity contribution in [1.29, 1.82) is 0 Å². The summed E-state index contributed by atoms with van der Waals surface area (Å²) in [6.07, 6.45) is 2.04. The molecule has 17 heavy (non-hydrogen) atoms. The highest BCUT2D eigenvalue weighted by Gasteiger charge is 2.37. The van der Waals surface area contributed by atoms with E-state index in [4.69, 9.17) is 5.73 Å². The van der Waals surface area contributed by atoms with Crippen molar-refractivity contribution in [2.45, 2.75) is 37.2 Å². The van der Waals surface area contributed by atoms with Crippen LogP contribution in [0.4, 0.5) is 8.78 Å². The minimum absolute atomic E-state index is 0.278. The van der Waals surface area contributed by atoms with Gasteiger partial charge in [-0.1, -0.05) is 0 Å². The Hall–Kier alpha value is -1.00. The molecule has 2 rings (SSSR count). The third-order valence-corrected chi connectivity index (χ3v) is 3.80. The maximum atomic E-state index is 13.8. The van der Waals surface area contributed by atoms with E-state index in [0.717, 1.165) is 12.1 Å². The molecule has 0 heterocycles. The normalized spacial score (nSPS) is 29.3. The fourth-order valence-corrected chi connectivity index (χ4v) is 2.64. The summed E-state index contributed by atoms with van der Waals surface area (Å²) in [4.78, 5) is 0. The molecule has 3 N–H and O–H groups in total. The molecule has 1 aliphatic rings. The number of aliphatic hydroxyl groups is 1. The zero-order valence-corrected chi connectivity index (χ0v) is 9.63. The summed E-state index contributed by atoms with van der Waals surface area (Å²) in [7, 11) is 0. The summed E-state index contributed by atoms with van der Waals surface area (Å²) in [5.74, 6) is -0.853. The molecule has 1 saturated carbocycles. The summed E-state index contributed by atoms with van der Waals surface area (Å²) in [6, 6.07) is 3.49. The predicted molar refractivity (Wildman–Crippen MR) is 61.6 cm³/mol. The molecular formula is C13H17F2NO. The predicted octanol–water partition coefficient (Wildman–Crippen LogP) is 2.10. The molecule has 0 amide bonds. The van der Waals surface area contributed by atoms with Gasteiger partial charge >= 0.3 is 0 Å². The highest BCUT2D eigenvalue weighted by molar-refractivity contribution is 5.29. The Morgan fingerprint density at radius 1 is 1.29 bits per heavy atom. The van der Waals surface area contributed by atoms with Crippen LogP contribution in [0.5, 0.6) is 0 Å². The molecule has 0 unspecified atom stereocenters. The first-order valence-electron chi connectivity index (χ1n) is 5.91. The van der Waals surface area contributed by atoms with E-state index in [1.807, 2.05) is 0 Å². The van der Waals surface area contributed by atoms with Crippen LogP contribution in [-0.4, -0.2) is 17.8 Å². The maximum Gasteiger partial charge on any atom is 0.127 e. The van der Waals surface area contributed by atoms with E-state index >= 15 is 0 Å². The van der Waals surface area contributed by atoms with Gasteiger partial charge in [-0.15, -0.1) is 0 Å². The Kier molecular flexibility index (Phi) is 3.45. The molecule has 1 fully saturated rings. The number of benzene rings is 1. The van der Waals surface area contributed by atoms with Crippen LogP contribution in [0.3, 0.4) is 0 Å². The van der Waals surface area contributed by atoms with Crippen LogP contribution in [0.25, 0.3) is 0 Å². The lowest BCUT2D eigenvalue weighted by Gasteiger charge is -2.38. The molecule has 1 aromatic rings. The number of nitrogens with two attached hydrogens (primary N) is 1.